The van der Waals surface area contributed by atoms with Crippen LogP contribution in [-0.2, 0) is 17.6 Å². The van der Waals surface area contributed by atoms with E-state index in [0.717, 1.165) is 35.5 Å². The largest absolute Gasteiger partial charge is 0.490 e. The van der Waals surface area contributed by atoms with Crippen LogP contribution in [0.1, 0.15) is 31.4 Å². The molecular weight excluding hydrogens is 316 g/mol. The number of rotatable bonds is 10. The van der Waals surface area contributed by atoms with Gasteiger partial charge in [-0.1, -0.05) is 6.07 Å². The van der Waals surface area contributed by atoms with Gasteiger partial charge in [-0.05, 0) is 62.1 Å². The normalized spacial score (nSPS) is 10.3. The molecule has 0 atom stereocenters. The van der Waals surface area contributed by atoms with Crippen molar-refractivity contribution in [2.24, 2.45) is 0 Å². The van der Waals surface area contributed by atoms with Crippen LogP contribution in [0.4, 0.5) is 0 Å². The molecule has 1 N–H and O–H groups in total. The average molecular weight is 342 g/mol. The van der Waals surface area contributed by atoms with Crippen molar-refractivity contribution in [3.63, 3.8) is 0 Å². The van der Waals surface area contributed by atoms with Crippen LogP contribution >= 0.6 is 0 Å². The van der Waals surface area contributed by atoms with Gasteiger partial charge in [0.1, 0.15) is 0 Å². The maximum absolute atomic E-state index is 11.9. The Morgan fingerprint density at radius 2 is 1.68 bits per heavy atom. The summed E-state index contributed by atoms with van der Waals surface area (Å²) in [6.45, 7) is 5.70. The van der Waals surface area contributed by atoms with Crippen LogP contribution in [0.5, 0.6) is 11.5 Å². The highest BCUT2D eigenvalue weighted by atomic mass is 16.5. The van der Waals surface area contributed by atoms with Gasteiger partial charge in [-0.3, -0.25) is 9.78 Å². The Kier molecular flexibility index (Phi) is 7.76. The summed E-state index contributed by atoms with van der Waals surface area (Å²) in [6, 6.07) is 9.79. The number of benzene rings is 1. The third-order valence-electron chi connectivity index (χ3n) is 3.73. The molecule has 2 rings (SSSR count). The van der Waals surface area contributed by atoms with Gasteiger partial charge in [0, 0.05) is 25.4 Å². The quantitative estimate of drug-likeness (QED) is 0.720. The SMILES string of the molecule is CCOc1ccc(CCNC(=O)CCc2ccncc2)cc1OCC. The predicted molar refractivity (Wildman–Crippen MR) is 98.1 cm³/mol. The minimum atomic E-state index is 0.0628. The molecule has 25 heavy (non-hydrogen) atoms. The highest BCUT2D eigenvalue weighted by molar-refractivity contribution is 5.76. The Labute approximate surface area is 149 Å². The Hall–Kier alpha value is -2.56. The lowest BCUT2D eigenvalue weighted by atomic mass is 10.1. The molecule has 0 bridgehead atoms. The molecule has 0 aliphatic rings. The lowest BCUT2D eigenvalue weighted by Crippen LogP contribution is -2.25. The van der Waals surface area contributed by atoms with Crippen molar-refractivity contribution in [2.45, 2.75) is 33.1 Å². The third-order valence-corrected chi connectivity index (χ3v) is 3.73. The number of pyridine rings is 1. The summed E-state index contributed by atoms with van der Waals surface area (Å²) in [5.41, 5.74) is 2.24. The lowest BCUT2D eigenvalue weighted by Gasteiger charge is -2.12. The highest BCUT2D eigenvalue weighted by Crippen LogP contribution is 2.28. The Bertz CT molecular complexity index is 659. The number of ether oxygens (including phenoxy) is 2. The minimum absolute atomic E-state index is 0.0628. The molecule has 0 spiro atoms. The summed E-state index contributed by atoms with van der Waals surface area (Å²) in [6.07, 6.45) is 5.46. The van der Waals surface area contributed by atoms with Crippen molar-refractivity contribution >= 4 is 5.91 Å². The van der Waals surface area contributed by atoms with E-state index in [1.54, 1.807) is 12.4 Å². The maximum atomic E-state index is 11.9. The fraction of sp³-hybridized carbons (Fsp3) is 0.400. The second kappa shape index (κ2) is 10.3. The number of carbonyl (C=O) groups excluding carboxylic acids is 1. The zero-order valence-corrected chi connectivity index (χ0v) is 15.0. The van der Waals surface area contributed by atoms with Gasteiger partial charge in [0.2, 0.25) is 5.91 Å². The van der Waals surface area contributed by atoms with Crippen molar-refractivity contribution in [2.75, 3.05) is 19.8 Å². The fourth-order valence-corrected chi connectivity index (χ4v) is 2.49. The van der Waals surface area contributed by atoms with Crippen LogP contribution in [0, 0.1) is 0 Å². The predicted octanol–water partition coefficient (Wildman–Crippen LogP) is 3.17. The van der Waals surface area contributed by atoms with Crippen LogP contribution in [0.3, 0.4) is 0 Å². The molecule has 1 aromatic carbocycles. The van der Waals surface area contributed by atoms with Gasteiger partial charge in [0.15, 0.2) is 11.5 Å². The Balaban J connectivity index is 1.78. The molecule has 1 aromatic heterocycles. The fourth-order valence-electron chi connectivity index (χ4n) is 2.49. The van der Waals surface area contributed by atoms with Crippen LogP contribution in [-0.4, -0.2) is 30.6 Å². The minimum Gasteiger partial charge on any atom is -0.490 e. The number of nitrogens with one attached hydrogen (secondary N) is 1. The second-order valence-corrected chi connectivity index (χ2v) is 5.60. The summed E-state index contributed by atoms with van der Waals surface area (Å²) in [7, 11) is 0. The van der Waals surface area contributed by atoms with Crippen molar-refractivity contribution in [1.82, 2.24) is 10.3 Å². The highest BCUT2D eigenvalue weighted by Gasteiger charge is 2.07. The van der Waals surface area contributed by atoms with Gasteiger partial charge in [-0.15, -0.1) is 0 Å². The summed E-state index contributed by atoms with van der Waals surface area (Å²) in [5, 5.41) is 2.97. The van der Waals surface area contributed by atoms with E-state index < -0.39 is 0 Å². The first-order valence-corrected chi connectivity index (χ1v) is 8.77. The first kappa shape index (κ1) is 18.8. The Morgan fingerprint density at radius 3 is 2.40 bits per heavy atom. The molecule has 0 aliphatic carbocycles. The van der Waals surface area contributed by atoms with Crippen molar-refractivity contribution in [3.05, 3.63) is 53.9 Å². The molecule has 5 nitrogen and oxygen atoms in total. The molecule has 0 saturated heterocycles. The van der Waals surface area contributed by atoms with Crippen LogP contribution in [0.2, 0.25) is 0 Å². The standard InChI is InChI=1S/C20H26N2O3/c1-3-24-18-7-5-17(15-19(18)25-4-2)11-14-22-20(23)8-6-16-9-12-21-13-10-16/h5,7,9-10,12-13,15H,3-4,6,8,11,14H2,1-2H3,(H,22,23). The maximum Gasteiger partial charge on any atom is 0.220 e. The van der Waals surface area contributed by atoms with E-state index in [9.17, 15) is 4.79 Å². The molecule has 0 radical (unpaired) electrons. The number of hydrogen-bond acceptors (Lipinski definition) is 4. The summed E-state index contributed by atoms with van der Waals surface area (Å²) < 4.78 is 11.2. The van der Waals surface area contributed by atoms with Gasteiger partial charge >= 0.3 is 0 Å². The molecule has 0 saturated carbocycles. The summed E-state index contributed by atoms with van der Waals surface area (Å²) >= 11 is 0. The van der Waals surface area contributed by atoms with E-state index in [4.69, 9.17) is 9.47 Å². The number of hydrogen-bond donors (Lipinski definition) is 1. The zero-order chi connectivity index (χ0) is 17.9. The summed E-state index contributed by atoms with van der Waals surface area (Å²) in [5.74, 6) is 1.58. The topological polar surface area (TPSA) is 60.5 Å². The second-order valence-electron chi connectivity index (χ2n) is 5.60. The smallest absolute Gasteiger partial charge is 0.220 e. The molecular formula is C20H26N2O3. The van der Waals surface area contributed by atoms with Gasteiger partial charge < -0.3 is 14.8 Å². The monoisotopic (exact) mass is 342 g/mol. The molecule has 2 aromatic rings. The molecule has 1 amide bonds. The van der Waals surface area contributed by atoms with Crippen LogP contribution < -0.4 is 14.8 Å². The van der Waals surface area contributed by atoms with Crippen molar-refractivity contribution in [1.29, 1.82) is 0 Å². The van der Waals surface area contributed by atoms with E-state index in [2.05, 4.69) is 10.3 Å². The first-order chi connectivity index (χ1) is 12.2. The number of carbonyl (C=O) groups is 1. The van der Waals surface area contributed by atoms with Gasteiger partial charge in [-0.2, -0.15) is 0 Å². The van der Waals surface area contributed by atoms with E-state index in [-0.39, 0.29) is 5.91 Å². The number of aryl methyl sites for hydroxylation is 1. The number of nitrogens with zero attached hydrogens (tertiary/aromatic N) is 1. The third kappa shape index (κ3) is 6.45. The molecule has 0 aliphatic heterocycles. The Morgan fingerprint density at radius 1 is 0.960 bits per heavy atom. The van der Waals surface area contributed by atoms with Crippen LogP contribution in [0.15, 0.2) is 42.7 Å². The molecule has 0 fully saturated rings. The van der Waals surface area contributed by atoms with Crippen molar-refractivity contribution < 1.29 is 14.3 Å². The number of amides is 1. The lowest BCUT2D eigenvalue weighted by molar-refractivity contribution is -0.121. The first-order valence-electron chi connectivity index (χ1n) is 8.77. The zero-order valence-electron chi connectivity index (χ0n) is 15.0. The van der Waals surface area contributed by atoms with Crippen LogP contribution in [0.25, 0.3) is 0 Å². The molecule has 0 unspecified atom stereocenters. The van der Waals surface area contributed by atoms with Crippen molar-refractivity contribution in [3.8, 4) is 11.5 Å². The van der Waals surface area contributed by atoms with Gasteiger partial charge in [0.25, 0.3) is 0 Å². The van der Waals surface area contributed by atoms with E-state index in [0.29, 0.717) is 26.2 Å². The average Bonchev–Trinajstić information content (AvgIpc) is 2.63. The summed E-state index contributed by atoms with van der Waals surface area (Å²) in [4.78, 5) is 15.9. The van der Waals surface area contributed by atoms with E-state index in [1.807, 2.05) is 44.2 Å². The number of aromatic nitrogens is 1. The van der Waals surface area contributed by atoms with E-state index in [1.165, 1.54) is 0 Å². The molecule has 5 heteroatoms. The molecule has 134 valence electrons. The molecule has 1 heterocycles. The van der Waals surface area contributed by atoms with Gasteiger partial charge in [-0.25, -0.2) is 0 Å². The van der Waals surface area contributed by atoms with Gasteiger partial charge in [0.05, 0.1) is 13.2 Å². The van der Waals surface area contributed by atoms with E-state index >= 15 is 0 Å².